The average molecular weight is 593 g/mol. The largest absolute Gasteiger partial charge is 0.493 e. The zero-order valence-electron chi connectivity index (χ0n) is 23.8. The molecule has 1 aliphatic heterocycles. The van der Waals surface area contributed by atoms with Gasteiger partial charge in [-0.05, 0) is 54.2 Å². The van der Waals surface area contributed by atoms with Crippen molar-refractivity contribution in [1.29, 1.82) is 0 Å². The Morgan fingerprint density at radius 2 is 1.55 bits per heavy atom. The minimum Gasteiger partial charge on any atom is -0.493 e. The maximum atomic E-state index is 13.7. The lowest BCUT2D eigenvalue weighted by molar-refractivity contribution is -0.137. The molecule has 4 aromatic rings. The Hall–Kier alpha value is -3.48. The zero-order valence-corrected chi connectivity index (χ0v) is 24.5. The third-order valence-corrected chi connectivity index (χ3v) is 8.39. The van der Waals surface area contributed by atoms with E-state index in [0.717, 1.165) is 42.3 Å². The van der Waals surface area contributed by atoms with Gasteiger partial charge in [0.2, 0.25) is 0 Å². The van der Waals surface area contributed by atoms with Crippen LogP contribution in [0, 0.1) is 0 Å². The molecule has 0 saturated heterocycles. The predicted octanol–water partition coefficient (Wildman–Crippen LogP) is 8.84. The number of halogens is 4. The van der Waals surface area contributed by atoms with E-state index in [2.05, 4.69) is 47.2 Å². The van der Waals surface area contributed by atoms with Crippen LogP contribution in [0.25, 0.3) is 0 Å². The third kappa shape index (κ3) is 7.29. The number of nitrogens with zero attached hydrogens (tertiary/aromatic N) is 2. The fraction of sp³-hybridized carbons (Fsp3) is 0.314. The molecule has 0 spiro atoms. The topological polar surface area (TPSA) is 15.7 Å². The van der Waals surface area contributed by atoms with E-state index < -0.39 is 11.7 Å². The molecule has 220 valence electrons. The molecule has 42 heavy (non-hydrogen) atoms. The van der Waals surface area contributed by atoms with Gasteiger partial charge in [-0.25, -0.2) is 0 Å². The van der Waals surface area contributed by atoms with Gasteiger partial charge in [0, 0.05) is 50.4 Å². The van der Waals surface area contributed by atoms with Crippen LogP contribution in [0.5, 0.6) is 5.75 Å². The van der Waals surface area contributed by atoms with Crippen LogP contribution in [-0.2, 0) is 19.1 Å². The van der Waals surface area contributed by atoms with Crippen LogP contribution in [0.2, 0.25) is 5.02 Å². The molecule has 1 heterocycles. The number of anilines is 1. The SMILES string of the molecule is CN1CCCc2c(OCCCN(Cc3cccc(C(F)(F)F)c3Cl)CC(c3ccccc3)c3ccccc3)cccc21. The minimum atomic E-state index is -4.51. The third-order valence-electron chi connectivity index (χ3n) is 7.94. The summed E-state index contributed by atoms with van der Waals surface area (Å²) in [6.07, 6.45) is -1.71. The Morgan fingerprint density at radius 3 is 2.21 bits per heavy atom. The summed E-state index contributed by atoms with van der Waals surface area (Å²) < 4.78 is 47.3. The molecule has 5 rings (SSSR count). The van der Waals surface area contributed by atoms with E-state index in [1.807, 2.05) is 48.5 Å². The maximum Gasteiger partial charge on any atom is 0.417 e. The second-order valence-electron chi connectivity index (χ2n) is 10.9. The lowest BCUT2D eigenvalue weighted by Gasteiger charge is -2.30. The molecule has 0 radical (unpaired) electrons. The van der Waals surface area contributed by atoms with Crippen LogP contribution in [0.4, 0.5) is 18.9 Å². The molecular formula is C35H36ClF3N2O. The first-order valence-electron chi connectivity index (χ1n) is 14.4. The molecule has 0 atom stereocenters. The zero-order chi connectivity index (χ0) is 29.5. The summed E-state index contributed by atoms with van der Waals surface area (Å²) in [7, 11) is 2.11. The van der Waals surface area contributed by atoms with E-state index >= 15 is 0 Å². The number of benzene rings is 4. The van der Waals surface area contributed by atoms with Crippen LogP contribution in [0.15, 0.2) is 97.1 Å². The van der Waals surface area contributed by atoms with Crippen LogP contribution in [0.1, 0.15) is 46.6 Å². The number of ether oxygens (including phenoxy) is 1. The summed E-state index contributed by atoms with van der Waals surface area (Å²) in [6.45, 7) is 3.09. The van der Waals surface area contributed by atoms with Crippen LogP contribution < -0.4 is 9.64 Å². The monoisotopic (exact) mass is 592 g/mol. The number of hydrogen-bond acceptors (Lipinski definition) is 3. The molecule has 0 fully saturated rings. The molecular weight excluding hydrogens is 557 g/mol. The molecule has 0 saturated carbocycles. The average Bonchev–Trinajstić information content (AvgIpc) is 2.99. The first kappa shape index (κ1) is 30.0. The van der Waals surface area contributed by atoms with Gasteiger partial charge < -0.3 is 9.64 Å². The summed E-state index contributed by atoms with van der Waals surface area (Å²) >= 11 is 6.35. The lowest BCUT2D eigenvalue weighted by atomic mass is 9.90. The van der Waals surface area contributed by atoms with Crippen molar-refractivity contribution in [2.75, 3.05) is 38.2 Å². The standard InChI is InChI=1S/C35H36ClF3N2O/c1-40-21-10-17-29-32(40)19-9-20-33(29)42-23-11-22-41(24-28-16-8-18-31(34(28)36)35(37,38)39)25-30(26-12-4-2-5-13-26)27-14-6-3-7-15-27/h2-9,12-16,18-20,30H,10-11,17,21-25H2,1H3. The van der Waals surface area contributed by atoms with Gasteiger partial charge in [0.1, 0.15) is 5.75 Å². The van der Waals surface area contributed by atoms with E-state index in [-0.39, 0.29) is 10.9 Å². The van der Waals surface area contributed by atoms with E-state index in [9.17, 15) is 13.2 Å². The predicted molar refractivity (Wildman–Crippen MR) is 165 cm³/mol. The molecule has 0 unspecified atom stereocenters. The van der Waals surface area contributed by atoms with Gasteiger partial charge in [-0.1, -0.05) is 90.5 Å². The number of hydrogen-bond donors (Lipinski definition) is 0. The van der Waals surface area contributed by atoms with Gasteiger partial charge in [-0.2, -0.15) is 13.2 Å². The van der Waals surface area contributed by atoms with Gasteiger partial charge >= 0.3 is 6.18 Å². The van der Waals surface area contributed by atoms with E-state index in [4.69, 9.17) is 16.3 Å². The quantitative estimate of drug-likeness (QED) is 0.162. The summed E-state index contributed by atoms with van der Waals surface area (Å²) in [5.74, 6) is 0.951. The highest BCUT2D eigenvalue weighted by Gasteiger charge is 2.34. The van der Waals surface area contributed by atoms with Crippen molar-refractivity contribution >= 4 is 17.3 Å². The van der Waals surface area contributed by atoms with E-state index in [1.54, 1.807) is 6.07 Å². The van der Waals surface area contributed by atoms with Crippen molar-refractivity contribution in [1.82, 2.24) is 4.90 Å². The molecule has 0 bridgehead atoms. The summed E-state index contributed by atoms with van der Waals surface area (Å²) in [5, 5.41) is -0.234. The summed E-state index contributed by atoms with van der Waals surface area (Å²) in [5.41, 5.74) is 4.43. The highest BCUT2D eigenvalue weighted by Crippen LogP contribution is 2.37. The highest BCUT2D eigenvalue weighted by molar-refractivity contribution is 6.32. The Morgan fingerprint density at radius 1 is 0.881 bits per heavy atom. The van der Waals surface area contributed by atoms with Gasteiger partial charge in [0.25, 0.3) is 0 Å². The second-order valence-corrected chi connectivity index (χ2v) is 11.2. The highest BCUT2D eigenvalue weighted by atomic mass is 35.5. The second kappa shape index (κ2) is 13.7. The number of rotatable bonds is 11. The van der Waals surface area contributed by atoms with Crippen molar-refractivity contribution < 1.29 is 17.9 Å². The first-order chi connectivity index (χ1) is 20.3. The maximum absolute atomic E-state index is 13.7. The van der Waals surface area contributed by atoms with E-state index in [0.29, 0.717) is 38.2 Å². The van der Waals surface area contributed by atoms with Crippen LogP contribution >= 0.6 is 11.6 Å². The fourth-order valence-electron chi connectivity index (χ4n) is 5.81. The van der Waals surface area contributed by atoms with Crippen molar-refractivity contribution in [3.05, 3.63) is 130 Å². The Labute approximate surface area is 251 Å². The van der Waals surface area contributed by atoms with Gasteiger partial charge in [-0.15, -0.1) is 0 Å². The van der Waals surface area contributed by atoms with Crippen molar-refractivity contribution in [3.63, 3.8) is 0 Å². The Balaban J connectivity index is 1.37. The van der Waals surface area contributed by atoms with Crippen molar-refractivity contribution in [2.24, 2.45) is 0 Å². The molecule has 0 N–H and O–H groups in total. The van der Waals surface area contributed by atoms with Gasteiger partial charge in [-0.3, -0.25) is 4.90 Å². The Bertz CT molecular complexity index is 1410. The summed E-state index contributed by atoms with van der Waals surface area (Å²) in [6, 6.07) is 30.8. The smallest absolute Gasteiger partial charge is 0.417 e. The fourth-order valence-corrected chi connectivity index (χ4v) is 6.10. The lowest BCUT2D eigenvalue weighted by Crippen LogP contribution is -2.31. The van der Waals surface area contributed by atoms with Gasteiger partial charge in [0.05, 0.1) is 17.2 Å². The minimum absolute atomic E-state index is 0.0366. The molecule has 4 aromatic carbocycles. The molecule has 3 nitrogen and oxygen atoms in total. The molecule has 0 aliphatic carbocycles. The Kier molecular flexibility index (Phi) is 9.76. The summed E-state index contributed by atoms with van der Waals surface area (Å²) in [4.78, 5) is 4.46. The van der Waals surface area contributed by atoms with Crippen LogP contribution in [-0.4, -0.2) is 38.2 Å². The molecule has 7 heteroatoms. The number of fused-ring (bicyclic) bond motifs is 1. The van der Waals surface area contributed by atoms with E-state index in [1.165, 1.54) is 17.3 Å². The number of alkyl halides is 3. The molecule has 1 aliphatic rings. The first-order valence-corrected chi connectivity index (χ1v) is 14.8. The normalized spacial score (nSPS) is 13.5. The molecule has 0 amide bonds. The van der Waals surface area contributed by atoms with Gasteiger partial charge in [0.15, 0.2) is 0 Å². The van der Waals surface area contributed by atoms with Crippen LogP contribution in [0.3, 0.4) is 0 Å². The van der Waals surface area contributed by atoms with Crippen molar-refractivity contribution in [3.8, 4) is 5.75 Å². The van der Waals surface area contributed by atoms with Crippen molar-refractivity contribution in [2.45, 2.75) is 37.9 Å². The molecule has 0 aromatic heterocycles.